The number of para-hydroxylation sites is 1. The van der Waals surface area contributed by atoms with E-state index in [2.05, 4.69) is 11.4 Å². The van der Waals surface area contributed by atoms with Crippen LogP contribution in [0.15, 0.2) is 72.8 Å². The maximum atomic E-state index is 12.3. The molecule has 3 nitrogen and oxygen atoms in total. The van der Waals surface area contributed by atoms with Gasteiger partial charge in [-0.2, -0.15) is 0 Å². The third-order valence-corrected chi connectivity index (χ3v) is 4.33. The average molecular weight is 327 g/mol. The Morgan fingerprint density at radius 2 is 1.64 bits per heavy atom. The predicted octanol–water partition coefficient (Wildman–Crippen LogP) is 4.85. The number of carbonyl (C=O) groups is 1. The number of carbonyl (C=O) groups excluding carboxylic acids is 1. The molecule has 3 aromatic carbocycles. The Morgan fingerprint density at radius 3 is 2.44 bits per heavy atom. The number of ether oxygens (including phenoxy) is 1. The summed E-state index contributed by atoms with van der Waals surface area (Å²) in [5.41, 5.74) is 5.52. The molecule has 0 aliphatic carbocycles. The van der Waals surface area contributed by atoms with E-state index in [1.807, 2.05) is 72.8 Å². The number of rotatable bonds is 3. The van der Waals surface area contributed by atoms with Crippen molar-refractivity contribution in [3.63, 3.8) is 0 Å². The Hall–Kier alpha value is -3.33. The van der Waals surface area contributed by atoms with Crippen molar-refractivity contribution < 1.29 is 9.53 Å². The molecule has 0 unspecified atom stereocenters. The monoisotopic (exact) mass is 327 g/mol. The summed E-state index contributed by atoms with van der Waals surface area (Å²) in [7, 11) is 1.67. The molecule has 0 bridgehead atoms. The normalized spacial score (nSPS) is 14.3. The van der Waals surface area contributed by atoms with Gasteiger partial charge >= 0.3 is 0 Å². The first kappa shape index (κ1) is 15.2. The standard InChI is InChI=1S/C22H17NO2/c1-25-21-12-11-15(13-18(21)16-7-3-2-4-8-16)14-19-17-9-5-6-10-20(17)23-22(19)24/h2-14H,1H3,(H,23,24). The van der Waals surface area contributed by atoms with Crippen LogP contribution >= 0.6 is 0 Å². The van der Waals surface area contributed by atoms with E-state index in [1.165, 1.54) is 0 Å². The topological polar surface area (TPSA) is 38.3 Å². The number of hydrogen-bond acceptors (Lipinski definition) is 2. The fourth-order valence-corrected chi connectivity index (χ4v) is 3.11. The van der Waals surface area contributed by atoms with Crippen LogP contribution in [0.5, 0.6) is 5.75 Å². The van der Waals surface area contributed by atoms with Gasteiger partial charge in [-0.15, -0.1) is 0 Å². The van der Waals surface area contributed by atoms with Gasteiger partial charge in [0, 0.05) is 22.4 Å². The molecule has 0 spiro atoms. The Morgan fingerprint density at radius 1 is 0.880 bits per heavy atom. The van der Waals surface area contributed by atoms with E-state index in [1.54, 1.807) is 7.11 Å². The zero-order valence-corrected chi connectivity index (χ0v) is 13.8. The smallest absolute Gasteiger partial charge is 0.256 e. The lowest BCUT2D eigenvalue weighted by atomic mass is 9.99. The highest BCUT2D eigenvalue weighted by molar-refractivity contribution is 6.34. The van der Waals surface area contributed by atoms with Crippen molar-refractivity contribution in [2.24, 2.45) is 0 Å². The van der Waals surface area contributed by atoms with E-state index < -0.39 is 0 Å². The highest BCUT2D eigenvalue weighted by atomic mass is 16.5. The number of fused-ring (bicyclic) bond motifs is 1. The van der Waals surface area contributed by atoms with Crippen LogP contribution in [-0.2, 0) is 4.79 Å². The van der Waals surface area contributed by atoms with Gasteiger partial charge in [0.1, 0.15) is 5.75 Å². The van der Waals surface area contributed by atoms with Gasteiger partial charge in [0.2, 0.25) is 0 Å². The number of hydrogen-bond donors (Lipinski definition) is 1. The minimum absolute atomic E-state index is 0.0710. The third kappa shape index (κ3) is 2.81. The molecule has 0 saturated carbocycles. The molecule has 0 atom stereocenters. The maximum absolute atomic E-state index is 12.3. The molecule has 122 valence electrons. The molecule has 3 heteroatoms. The molecule has 3 aromatic rings. The van der Waals surface area contributed by atoms with Crippen LogP contribution in [0.25, 0.3) is 22.8 Å². The van der Waals surface area contributed by atoms with Crippen molar-refractivity contribution in [2.45, 2.75) is 0 Å². The van der Waals surface area contributed by atoms with E-state index in [-0.39, 0.29) is 5.91 Å². The Kier molecular flexibility index (Phi) is 3.82. The van der Waals surface area contributed by atoms with Gasteiger partial charge in [0.15, 0.2) is 0 Å². The SMILES string of the molecule is COc1ccc(C=C2C(=O)Nc3ccccc32)cc1-c1ccccc1. The molecule has 1 aliphatic rings. The summed E-state index contributed by atoms with van der Waals surface area (Å²) in [5.74, 6) is 0.739. The molecule has 1 amide bonds. The summed E-state index contributed by atoms with van der Waals surface area (Å²) in [6.07, 6.45) is 1.92. The van der Waals surface area contributed by atoms with Crippen molar-refractivity contribution in [1.29, 1.82) is 0 Å². The number of amides is 1. The largest absolute Gasteiger partial charge is 0.496 e. The molecule has 0 radical (unpaired) electrons. The molecule has 4 rings (SSSR count). The molecule has 25 heavy (non-hydrogen) atoms. The van der Waals surface area contributed by atoms with Gasteiger partial charge in [-0.25, -0.2) is 0 Å². The van der Waals surface area contributed by atoms with Gasteiger partial charge in [-0.05, 0) is 35.4 Å². The van der Waals surface area contributed by atoms with E-state index in [4.69, 9.17) is 4.74 Å². The number of nitrogens with one attached hydrogen (secondary N) is 1. The molecular formula is C22H17NO2. The minimum atomic E-state index is -0.0710. The zero-order valence-electron chi connectivity index (χ0n) is 13.8. The van der Waals surface area contributed by atoms with Gasteiger partial charge < -0.3 is 10.1 Å². The summed E-state index contributed by atoms with van der Waals surface area (Å²) in [5, 5.41) is 2.90. The molecule has 1 aliphatic heterocycles. The number of methoxy groups -OCH3 is 1. The lowest BCUT2D eigenvalue weighted by Crippen LogP contribution is -2.03. The van der Waals surface area contributed by atoms with Crippen molar-refractivity contribution >= 4 is 23.2 Å². The number of anilines is 1. The molecule has 1 N–H and O–H groups in total. The Balaban J connectivity index is 1.81. The first-order chi connectivity index (χ1) is 12.3. The summed E-state index contributed by atoms with van der Waals surface area (Å²) in [4.78, 5) is 12.3. The first-order valence-corrected chi connectivity index (χ1v) is 8.12. The van der Waals surface area contributed by atoms with Crippen LogP contribution in [0, 0.1) is 0 Å². The molecular weight excluding hydrogens is 310 g/mol. The van der Waals surface area contributed by atoms with Gasteiger partial charge in [-0.3, -0.25) is 4.79 Å². The fraction of sp³-hybridized carbons (Fsp3) is 0.0455. The van der Waals surface area contributed by atoms with Crippen molar-refractivity contribution in [3.05, 3.63) is 83.9 Å². The Labute approximate surface area is 146 Å². The van der Waals surface area contributed by atoms with Crippen molar-refractivity contribution in [2.75, 3.05) is 12.4 Å². The van der Waals surface area contributed by atoms with Crippen LogP contribution < -0.4 is 10.1 Å². The summed E-state index contributed by atoms with van der Waals surface area (Å²) >= 11 is 0. The van der Waals surface area contributed by atoms with Crippen LogP contribution in [-0.4, -0.2) is 13.0 Å². The fourth-order valence-electron chi connectivity index (χ4n) is 3.11. The van der Waals surface area contributed by atoms with Crippen LogP contribution in [0.4, 0.5) is 5.69 Å². The second-order valence-electron chi connectivity index (χ2n) is 5.88. The third-order valence-electron chi connectivity index (χ3n) is 4.33. The molecule has 0 aromatic heterocycles. The average Bonchev–Trinajstić information content (AvgIpc) is 2.98. The van der Waals surface area contributed by atoms with Gasteiger partial charge in [-0.1, -0.05) is 54.6 Å². The first-order valence-electron chi connectivity index (χ1n) is 8.12. The van der Waals surface area contributed by atoms with E-state index >= 15 is 0 Å². The Bertz CT molecular complexity index is 974. The van der Waals surface area contributed by atoms with Gasteiger partial charge in [0.25, 0.3) is 5.91 Å². The minimum Gasteiger partial charge on any atom is -0.496 e. The van der Waals surface area contributed by atoms with Crippen molar-refractivity contribution in [3.8, 4) is 16.9 Å². The highest BCUT2D eigenvalue weighted by Crippen LogP contribution is 2.35. The van der Waals surface area contributed by atoms with Crippen LogP contribution in [0.3, 0.4) is 0 Å². The molecule has 1 heterocycles. The maximum Gasteiger partial charge on any atom is 0.256 e. The van der Waals surface area contributed by atoms with Gasteiger partial charge in [0.05, 0.1) is 7.11 Å². The van der Waals surface area contributed by atoms with Crippen molar-refractivity contribution in [1.82, 2.24) is 0 Å². The highest BCUT2D eigenvalue weighted by Gasteiger charge is 2.23. The summed E-state index contributed by atoms with van der Waals surface area (Å²) < 4.78 is 5.50. The quantitative estimate of drug-likeness (QED) is 0.698. The van der Waals surface area contributed by atoms with E-state index in [0.29, 0.717) is 5.57 Å². The summed E-state index contributed by atoms with van der Waals surface area (Å²) in [6.45, 7) is 0. The molecule has 0 fully saturated rings. The predicted molar refractivity (Wildman–Crippen MR) is 101 cm³/mol. The second-order valence-corrected chi connectivity index (χ2v) is 5.88. The summed E-state index contributed by atoms with van der Waals surface area (Å²) in [6, 6.07) is 23.8. The second kappa shape index (κ2) is 6.29. The van der Waals surface area contributed by atoms with Crippen LogP contribution in [0.2, 0.25) is 0 Å². The lowest BCUT2D eigenvalue weighted by molar-refractivity contribution is -0.110. The van der Waals surface area contributed by atoms with E-state index in [0.717, 1.165) is 33.7 Å². The van der Waals surface area contributed by atoms with E-state index in [9.17, 15) is 4.79 Å². The molecule has 0 saturated heterocycles. The van der Waals surface area contributed by atoms with Crippen LogP contribution in [0.1, 0.15) is 11.1 Å². The zero-order chi connectivity index (χ0) is 17.2. The lowest BCUT2D eigenvalue weighted by Gasteiger charge is -2.10. The number of benzene rings is 3.